The highest BCUT2D eigenvalue weighted by Crippen LogP contribution is 2.40. The summed E-state index contributed by atoms with van der Waals surface area (Å²) < 4.78 is 22.3. The Morgan fingerprint density at radius 3 is 2.66 bits per heavy atom. The van der Waals surface area contributed by atoms with Crippen molar-refractivity contribution < 1.29 is 28.5 Å². The van der Waals surface area contributed by atoms with E-state index >= 15 is 0 Å². The van der Waals surface area contributed by atoms with Crippen LogP contribution in [0.1, 0.15) is 11.1 Å². The Morgan fingerprint density at radius 2 is 1.80 bits per heavy atom. The summed E-state index contributed by atoms with van der Waals surface area (Å²) in [6.45, 7) is 0.631. The van der Waals surface area contributed by atoms with E-state index in [1.54, 1.807) is 43.1 Å². The van der Waals surface area contributed by atoms with Crippen molar-refractivity contribution in [1.82, 2.24) is 4.90 Å². The molecule has 0 aliphatic carbocycles. The number of ether oxygens (including phenoxy) is 4. The molecule has 1 saturated heterocycles. The number of nitrogens with zero attached hydrogens (tertiary/aromatic N) is 1. The SMILES string of the molecule is COc1cc(/C=C2\SC(=O)N(Cc3cc4c(cc3Cl)OCO4)C2=O)ccc1OCCSc1cccc2ccccc12. The van der Waals surface area contributed by atoms with Gasteiger partial charge in [0.15, 0.2) is 23.0 Å². The van der Waals surface area contributed by atoms with Gasteiger partial charge in [0.1, 0.15) is 0 Å². The lowest BCUT2D eigenvalue weighted by atomic mass is 10.1. The molecule has 2 amide bonds. The molecule has 4 aromatic rings. The van der Waals surface area contributed by atoms with Gasteiger partial charge in [0.2, 0.25) is 6.79 Å². The molecule has 4 aromatic carbocycles. The number of thioether (sulfide) groups is 2. The van der Waals surface area contributed by atoms with E-state index in [2.05, 4.69) is 30.3 Å². The maximum atomic E-state index is 13.1. The van der Waals surface area contributed by atoms with E-state index in [1.807, 2.05) is 24.3 Å². The zero-order chi connectivity index (χ0) is 28.3. The second-order valence-corrected chi connectivity index (χ2v) is 11.7. The van der Waals surface area contributed by atoms with Crippen molar-refractivity contribution >= 4 is 63.1 Å². The van der Waals surface area contributed by atoms with Crippen LogP contribution in [0.2, 0.25) is 5.02 Å². The molecular formula is C31H24ClNO6S2. The van der Waals surface area contributed by atoms with Crippen LogP contribution in [0.5, 0.6) is 23.0 Å². The quantitative estimate of drug-likeness (QED) is 0.109. The van der Waals surface area contributed by atoms with Gasteiger partial charge in [-0.15, -0.1) is 11.8 Å². The number of hydrogen-bond donors (Lipinski definition) is 0. The summed E-state index contributed by atoms with van der Waals surface area (Å²) in [5, 5.41) is 2.47. The molecule has 1 fully saturated rings. The first-order valence-electron chi connectivity index (χ1n) is 12.7. The van der Waals surface area contributed by atoms with Crippen LogP contribution >= 0.6 is 35.1 Å². The smallest absolute Gasteiger partial charge is 0.293 e. The third-order valence-corrected chi connectivity index (χ3v) is 8.87. The number of benzene rings is 4. The normalized spacial score (nSPS) is 15.3. The standard InChI is InChI=1S/C31H24ClNO6S2/c1-36-25-13-19(9-10-24(25)37-11-12-40-28-8-4-6-20-5-2-3-7-22(20)28)14-29-30(34)33(31(35)41-29)17-21-15-26-27(16-23(21)32)39-18-38-26/h2-10,13-16H,11-12,17-18H2,1H3/b29-14-. The molecule has 0 radical (unpaired) electrons. The highest BCUT2D eigenvalue weighted by molar-refractivity contribution is 8.18. The molecule has 6 rings (SSSR count). The van der Waals surface area contributed by atoms with Gasteiger partial charge in [-0.1, -0.05) is 54.1 Å². The molecule has 2 heterocycles. The summed E-state index contributed by atoms with van der Waals surface area (Å²) >= 11 is 8.99. The molecule has 2 aliphatic rings. The average Bonchev–Trinajstić information content (AvgIpc) is 3.54. The molecule has 10 heteroatoms. The summed E-state index contributed by atoms with van der Waals surface area (Å²) in [4.78, 5) is 28.5. The molecule has 41 heavy (non-hydrogen) atoms. The molecule has 0 spiro atoms. The van der Waals surface area contributed by atoms with Gasteiger partial charge in [-0.3, -0.25) is 14.5 Å². The fraction of sp³-hybridized carbons (Fsp3) is 0.161. The van der Waals surface area contributed by atoms with Crippen molar-refractivity contribution in [1.29, 1.82) is 0 Å². The van der Waals surface area contributed by atoms with E-state index in [1.165, 1.54) is 20.6 Å². The molecular weight excluding hydrogens is 582 g/mol. The molecule has 0 unspecified atom stereocenters. The monoisotopic (exact) mass is 605 g/mol. The summed E-state index contributed by atoms with van der Waals surface area (Å²) in [5.41, 5.74) is 1.31. The van der Waals surface area contributed by atoms with Crippen molar-refractivity contribution in [2.24, 2.45) is 0 Å². The first-order chi connectivity index (χ1) is 20.0. The van der Waals surface area contributed by atoms with Crippen molar-refractivity contribution in [3.8, 4) is 23.0 Å². The number of imide groups is 1. The van der Waals surface area contributed by atoms with E-state index in [9.17, 15) is 9.59 Å². The minimum atomic E-state index is -0.390. The van der Waals surface area contributed by atoms with E-state index in [-0.39, 0.29) is 18.6 Å². The first-order valence-corrected chi connectivity index (χ1v) is 14.9. The molecule has 0 bridgehead atoms. The van der Waals surface area contributed by atoms with Gasteiger partial charge in [-0.25, -0.2) is 0 Å². The fourth-order valence-electron chi connectivity index (χ4n) is 4.56. The van der Waals surface area contributed by atoms with Crippen molar-refractivity contribution in [2.45, 2.75) is 11.4 Å². The second kappa shape index (κ2) is 12.0. The maximum absolute atomic E-state index is 13.1. The predicted molar refractivity (Wildman–Crippen MR) is 162 cm³/mol. The van der Waals surface area contributed by atoms with Gasteiger partial charge < -0.3 is 18.9 Å². The van der Waals surface area contributed by atoms with Gasteiger partial charge in [0, 0.05) is 21.7 Å². The van der Waals surface area contributed by atoms with Crippen LogP contribution in [0.3, 0.4) is 0 Å². The lowest BCUT2D eigenvalue weighted by molar-refractivity contribution is -0.123. The molecule has 208 valence electrons. The van der Waals surface area contributed by atoms with E-state index < -0.39 is 5.91 Å². The third-order valence-electron chi connectivity index (χ3n) is 6.58. The predicted octanol–water partition coefficient (Wildman–Crippen LogP) is 7.64. The average molecular weight is 606 g/mol. The molecule has 0 atom stereocenters. The summed E-state index contributed by atoms with van der Waals surface area (Å²) in [6, 6.07) is 23.4. The summed E-state index contributed by atoms with van der Waals surface area (Å²) in [6.07, 6.45) is 1.68. The summed E-state index contributed by atoms with van der Waals surface area (Å²) in [7, 11) is 1.57. The van der Waals surface area contributed by atoms with Crippen LogP contribution in [0.4, 0.5) is 4.79 Å². The second-order valence-electron chi connectivity index (χ2n) is 9.15. The lowest BCUT2D eigenvalue weighted by Gasteiger charge is -2.14. The van der Waals surface area contributed by atoms with E-state index in [0.29, 0.717) is 50.7 Å². The van der Waals surface area contributed by atoms with Crippen LogP contribution in [-0.2, 0) is 11.3 Å². The molecule has 0 saturated carbocycles. The van der Waals surface area contributed by atoms with Gasteiger partial charge >= 0.3 is 0 Å². The zero-order valence-electron chi connectivity index (χ0n) is 21.9. The van der Waals surface area contributed by atoms with Gasteiger partial charge in [-0.2, -0.15) is 0 Å². The largest absolute Gasteiger partial charge is 0.493 e. The third kappa shape index (κ3) is 5.84. The Balaban J connectivity index is 1.10. The van der Waals surface area contributed by atoms with Crippen molar-refractivity contribution in [3.05, 3.63) is 93.9 Å². The van der Waals surface area contributed by atoms with Crippen LogP contribution in [-0.4, -0.2) is 42.3 Å². The first kappa shape index (κ1) is 27.4. The maximum Gasteiger partial charge on any atom is 0.293 e. The van der Waals surface area contributed by atoms with Gasteiger partial charge in [0.05, 0.1) is 25.2 Å². The van der Waals surface area contributed by atoms with Gasteiger partial charge in [0.25, 0.3) is 11.1 Å². The van der Waals surface area contributed by atoms with Crippen LogP contribution in [0, 0.1) is 0 Å². The van der Waals surface area contributed by atoms with E-state index in [4.69, 9.17) is 30.5 Å². The Bertz CT molecular complexity index is 1690. The minimum absolute atomic E-state index is 0.0321. The minimum Gasteiger partial charge on any atom is -0.493 e. The van der Waals surface area contributed by atoms with Crippen LogP contribution < -0.4 is 18.9 Å². The summed E-state index contributed by atoms with van der Waals surface area (Å²) in [5.74, 6) is 2.60. The number of rotatable bonds is 9. The van der Waals surface area contributed by atoms with Crippen LogP contribution in [0.25, 0.3) is 16.8 Å². The van der Waals surface area contributed by atoms with Gasteiger partial charge in [-0.05, 0) is 64.0 Å². The van der Waals surface area contributed by atoms with Crippen molar-refractivity contribution in [2.75, 3.05) is 26.3 Å². The Morgan fingerprint density at radius 1 is 1.00 bits per heavy atom. The Kier molecular flexibility index (Phi) is 8.00. The number of carbonyl (C=O) groups excluding carboxylic acids is 2. The van der Waals surface area contributed by atoms with E-state index in [0.717, 1.165) is 17.5 Å². The number of hydrogen-bond acceptors (Lipinski definition) is 8. The molecule has 0 aromatic heterocycles. The zero-order valence-corrected chi connectivity index (χ0v) is 24.3. The fourth-order valence-corrected chi connectivity index (χ4v) is 6.51. The highest BCUT2D eigenvalue weighted by Gasteiger charge is 2.35. The molecule has 0 N–H and O–H groups in total. The lowest BCUT2D eigenvalue weighted by Crippen LogP contribution is -2.27. The molecule has 2 aliphatic heterocycles. The number of amides is 2. The Hall–Kier alpha value is -3.79. The molecule has 7 nitrogen and oxygen atoms in total. The number of fused-ring (bicyclic) bond motifs is 2. The number of halogens is 1. The number of methoxy groups -OCH3 is 1. The topological polar surface area (TPSA) is 74.3 Å². The number of carbonyl (C=O) groups is 2. The van der Waals surface area contributed by atoms with Crippen LogP contribution in [0.15, 0.2) is 82.6 Å². The highest BCUT2D eigenvalue weighted by atomic mass is 35.5. The Labute approximate surface area is 250 Å². The van der Waals surface area contributed by atoms with Crippen molar-refractivity contribution in [3.63, 3.8) is 0 Å².